The monoisotopic (exact) mass is 384 g/mol. The van der Waals surface area contributed by atoms with E-state index in [1.165, 1.54) is 6.42 Å². The Morgan fingerprint density at radius 3 is 2.89 bits per heavy atom. The molecule has 0 bridgehead atoms. The van der Waals surface area contributed by atoms with Crippen LogP contribution in [-0.4, -0.2) is 48.3 Å². The first-order valence-corrected chi connectivity index (χ1v) is 10.1. The first-order valence-electron chi connectivity index (χ1n) is 10.1. The molecule has 2 atom stereocenters. The lowest BCUT2D eigenvalue weighted by Gasteiger charge is -2.29. The lowest BCUT2D eigenvalue weighted by molar-refractivity contribution is -0.136. The van der Waals surface area contributed by atoms with Crippen LogP contribution < -0.4 is 16.0 Å². The number of nitrogens with one attached hydrogen (secondary N) is 3. The van der Waals surface area contributed by atoms with Gasteiger partial charge in [0.05, 0.1) is 0 Å². The van der Waals surface area contributed by atoms with Crippen LogP contribution in [0.25, 0.3) is 0 Å². The number of fused-ring (bicyclic) bond motifs is 1. The number of nitrogens with zero attached hydrogens (tertiary/aromatic N) is 1. The molecule has 3 aliphatic rings. The second-order valence-corrected chi connectivity index (χ2v) is 8.56. The molecule has 3 amide bonds. The molecular weight excluding hydrogens is 356 g/mol. The summed E-state index contributed by atoms with van der Waals surface area (Å²) in [6.45, 7) is 6.70. The fraction of sp³-hybridized carbons (Fsp3) is 0.571. The van der Waals surface area contributed by atoms with Gasteiger partial charge in [-0.25, -0.2) is 0 Å². The molecule has 2 fully saturated rings. The third-order valence-electron chi connectivity index (χ3n) is 6.28. The Bertz CT molecular complexity index is 801. The van der Waals surface area contributed by atoms with Crippen LogP contribution in [0.4, 0.5) is 0 Å². The van der Waals surface area contributed by atoms with Crippen LogP contribution in [0.5, 0.6) is 0 Å². The van der Waals surface area contributed by atoms with Gasteiger partial charge in [0.1, 0.15) is 6.04 Å². The highest BCUT2D eigenvalue weighted by atomic mass is 16.2. The molecule has 0 radical (unpaired) electrons. The van der Waals surface area contributed by atoms with Crippen molar-refractivity contribution in [3.63, 3.8) is 0 Å². The van der Waals surface area contributed by atoms with Crippen molar-refractivity contribution in [3.05, 3.63) is 34.9 Å². The number of imide groups is 1. The van der Waals surface area contributed by atoms with Crippen molar-refractivity contribution in [2.45, 2.75) is 51.7 Å². The van der Waals surface area contributed by atoms with Crippen LogP contribution >= 0.6 is 0 Å². The molecule has 3 heterocycles. The maximum absolute atomic E-state index is 12.7. The summed E-state index contributed by atoms with van der Waals surface area (Å²) in [5, 5.41) is 9.28. The van der Waals surface area contributed by atoms with E-state index in [1.807, 2.05) is 12.1 Å². The van der Waals surface area contributed by atoms with Gasteiger partial charge in [0.15, 0.2) is 0 Å². The first kappa shape index (κ1) is 19.1. The van der Waals surface area contributed by atoms with Crippen molar-refractivity contribution in [1.82, 2.24) is 20.9 Å². The fourth-order valence-electron chi connectivity index (χ4n) is 4.44. The zero-order valence-electron chi connectivity index (χ0n) is 16.3. The molecule has 0 spiro atoms. The largest absolute Gasteiger partial charge is 0.322 e. The minimum Gasteiger partial charge on any atom is -0.322 e. The summed E-state index contributed by atoms with van der Waals surface area (Å²) in [4.78, 5) is 37.8. The van der Waals surface area contributed by atoms with E-state index < -0.39 is 6.04 Å². The Morgan fingerprint density at radius 1 is 1.29 bits per heavy atom. The Balaban J connectivity index is 1.34. The van der Waals surface area contributed by atoms with Gasteiger partial charge in [-0.05, 0) is 55.0 Å². The Kier molecular flexibility index (Phi) is 5.21. The molecule has 28 heavy (non-hydrogen) atoms. The lowest BCUT2D eigenvalue weighted by atomic mass is 9.86. The topological polar surface area (TPSA) is 90.5 Å². The summed E-state index contributed by atoms with van der Waals surface area (Å²) in [6.07, 6.45) is 3.05. The van der Waals surface area contributed by atoms with Gasteiger partial charge >= 0.3 is 0 Å². The van der Waals surface area contributed by atoms with Crippen molar-refractivity contribution in [2.75, 3.05) is 19.6 Å². The molecule has 2 unspecified atom stereocenters. The molecule has 1 aromatic carbocycles. The number of carbonyl (C=O) groups excluding carboxylic acids is 3. The number of amides is 3. The molecule has 0 saturated carbocycles. The van der Waals surface area contributed by atoms with Crippen LogP contribution in [0.15, 0.2) is 18.2 Å². The Labute approximate surface area is 165 Å². The Hall–Kier alpha value is -2.25. The lowest BCUT2D eigenvalue weighted by Crippen LogP contribution is -2.52. The van der Waals surface area contributed by atoms with Gasteiger partial charge in [0.2, 0.25) is 11.8 Å². The van der Waals surface area contributed by atoms with Crippen LogP contribution in [0, 0.1) is 5.41 Å². The van der Waals surface area contributed by atoms with Gasteiger partial charge in [0, 0.05) is 31.6 Å². The van der Waals surface area contributed by atoms with Crippen molar-refractivity contribution < 1.29 is 14.4 Å². The fourth-order valence-corrected chi connectivity index (χ4v) is 4.44. The molecule has 3 N–H and O–H groups in total. The highest BCUT2D eigenvalue weighted by Gasteiger charge is 2.39. The van der Waals surface area contributed by atoms with E-state index in [0.717, 1.165) is 43.7 Å². The molecule has 0 aliphatic carbocycles. The number of rotatable bonds is 6. The predicted octanol–water partition coefficient (Wildman–Crippen LogP) is 0.927. The van der Waals surface area contributed by atoms with Crippen LogP contribution in [0.1, 0.15) is 54.1 Å². The van der Waals surface area contributed by atoms with E-state index in [-0.39, 0.29) is 24.1 Å². The number of piperidine rings is 1. The molecule has 0 aromatic heterocycles. The molecule has 2 saturated heterocycles. The van der Waals surface area contributed by atoms with Gasteiger partial charge < -0.3 is 15.5 Å². The second-order valence-electron chi connectivity index (χ2n) is 8.56. The van der Waals surface area contributed by atoms with Crippen molar-refractivity contribution in [2.24, 2.45) is 5.41 Å². The minimum atomic E-state index is -0.556. The van der Waals surface area contributed by atoms with Gasteiger partial charge in [-0.1, -0.05) is 19.1 Å². The van der Waals surface area contributed by atoms with Crippen LogP contribution in [0.2, 0.25) is 0 Å². The summed E-state index contributed by atoms with van der Waals surface area (Å²) >= 11 is 0. The van der Waals surface area contributed by atoms with E-state index in [9.17, 15) is 14.4 Å². The maximum Gasteiger partial charge on any atom is 0.255 e. The van der Waals surface area contributed by atoms with E-state index >= 15 is 0 Å². The average molecular weight is 384 g/mol. The molecular formula is C21H28N4O3. The number of hydrogen-bond acceptors (Lipinski definition) is 5. The van der Waals surface area contributed by atoms with Crippen molar-refractivity contribution in [1.29, 1.82) is 0 Å². The number of benzene rings is 1. The zero-order chi connectivity index (χ0) is 19.7. The van der Waals surface area contributed by atoms with Crippen molar-refractivity contribution in [3.8, 4) is 0 Å². The third-order valence-corrected chi connectivity index (χ3v) is 6.28. The Morgan fingerprint density at radius 2 is 2.14 bits per heavy atom. The molecule has 1 aromatic rings. The normalized spacial score (nSPS) is 27.2. The van der Waals surface area contributed by atoms with Gasteiger partial charge in [0.25, 0.3) is 5.91 Å². The minimum absolute atomic E-state index is 0.120. The first-order chi connectivity index (χ1) is 13.5. The van der Waals surface area contributed by atoms with Gasteiger partial charge in [-0.2, -0.15) is 0 Å². The molecule has 150 valence electrons. The van der Waals surface area contributed by atoms with E-state index in [0.29, 0.717) is 23.9 Å². The third kappa shape index (κ3) is 3.82. The SMILES string of the molecule is CC1(CCNCc2ccc3c(c2)CN(C2CCC(=O)NC2=O)C3=O)CCNC1. The average Bonchev–Trinajstić information content (AvgIpc) is 3.23. The standard InChI is InChI=1S/C21H28N4O3/c1-21(7-9-23-13-21)6-8-22-11-14-2-3-16-15(10-14)12-25(20(16)28)17-4-5-18(26)24-19(17)27/h2-3,10,17,22-23H,4-9,11-13H2,1H3,(H,24,26,27). The molecule has 3 aliphatic heterocycles. The smallest absolute Gasteiger partial charge is 0.255 e. The second kappa shape index (κ2) is 7.64. The summed E-state index contributed by atoms with van der Waals surface area (Å²) in [5.74, 6) is -0.749. The van der Waals surface area contributed by atoms with E-state index in [4.69, 9.17) is 0 Å². The summed E-state index contributed by atoms with van der Waals surface area (Å²) in [6, 6.07) is 5.35. The van der Waals surface area contributed by atoms with Gasteiger partial charge in [-0.15, -0.1) is 0 Å². The number of carbonyl (C=O) groups is 3. The predicted molar refractivity (Wildman–Crippen MR) is 104 cm³/mol. The van der Waals surface area contributed by atoms with E-state index in [2.05, 4.69) is 28.9 Å². The molecule has 4 rings (SSSR count). The summed E-state index contributed by atoms with van der Waals surface area (Å²) in [7, 11) is 0. The highest BCUT2D eigenvalue weighted by molar-refractivity contribution is 6.05. The quantitative estimate of drug-likeness (QED) is 0.501. The van der Waals surface area contributed by atoms with Crippen LogP contribution in [0.3, 0.4) is 0 Å². The van der Waals surface area contributed by atoms with Gasteiger partial charge in [-0.3, -0.25) is 19.7 Å². The summed E-state index contributed by atoms with van der Waals surface area (Å²) in [5.41, 5.74) is 3.16. The van der Waals surface area contributed by atoms with Crippen LogP contribution in [-0.2, 0) is 22.7 Å². The molecule has 7 heteroatoms. The number of hydrogen-bond donors (Lipinski definition) is 3. The highest BCUT2D eigenvalue weighted by Crippen LogP contribution is 2.29. The van der Waals surface area contributed by atoms with E-state index in [1.54, 1.807) is 4.90 Å². The summed E-state index contributed by atoms with van der Waals surface area (Å²) < 4.78 is 0. The zero-order valence-corrected chi connectivity index (χ0v) is 16.3. The maximum atomic E-state index is 12.7. The van der Waals surface area contributed by atoms with Crippen molar-refractivity contribution >= 4 is 17.7 Å². The molecule has 7 nitrogen and oxygen atoms in total.